The molecule has 1 aliphatic rings. The molecule has 2 rings (SSSR count). The third-order valence-electron chi connectivity index (χ3n) is 2.51. The highest BCUT2D eigenvalue weighted by Gasteiger charge is 2.19. The Morgan fingerprint density at radius 3 is 2.93 bits per heavy atom. The Balaban J connectivity index is 2.60. The van der Waals surface area contributed by atoms with Gasteiger partial charge in [-0.05, 0) is 24.6 Å². The van der Waals surface area contributed by atoms with Crippen LogP contribution < -0.4 is 10.1 Å². The number of rotatable bonds is 1. The van der Waals surface area contributed by atoms with E-state index in [1.165, 1.54) is 7.11 Å². The molecule has 0 atom stereocenters. The van der Waals surface area contributed by atoms with Gasteiger partial charge in [0.15, 0.2) is 11.5 Å². The molecule has 0 bridgehead atoms. The molecular weight excluding hydrogens is 182 g/mol. The Morgan fingerprint density at radius 1 is 1.43 bits per heavy atom. The van der Waals surface area contributed by atoms with E-state index in [1.807, 2.05) is 0 Å². The number of hydrogen-bond acceptors (Lipinski definition) is 4. The molecule has 0 radical (unpaired) electrons. The number of benzene rings is 1. The lowest BCUT2D eigenvalue weighted by molar-refractivity contribution is 0.344. The second kappa shape index (κ2) is 3.38. The lowest BCUT2D eigenvalue weighted by Gasteiger charge is -2.20. The second-order valence-corrected chi connectivity index (χ2v) is 3.34. The normalized spacial score (nSPS) is 14.9. The van der Waals surface area contributed by atoms with E-state index in [-0.39, 0.29) is 11.5 Å². The summed E-state index contributed by atoms with van der Waals surface area (Å²) >= 11 is 0. The van der Waals surface area contributed by atoms with E-state index in [4.69, 9.17) is 4.74 Å². The minimum Gasteiger partial charge on any atom is -0.504 e. The van der Waals surface area contributed by atoms with Crippen molar-refractivity contribution in [1.29, 1.82) is 0 Å². The van der Waals surface area contributed by atoms with Gasteiger partial charge in [0.2, 0.25) is 5.75 Å². The van der Waals surface area contributed by atoms with E-state index >= 15 is 0 Å². The first kappa shape index (κ1) is 9.15. The fraction of sp³-hybridized carbons (Fsp3) is 0.400. The van der Waals surface area contributed by atoms with Gasteiger partial charge in [-0.3, -0.25) is 0 Å². The molecule has 0 fully saturated rings. The minimum atomic E-state index is -0.171. The summed E-state index contributed by atoms with van der Waals surface area (Å²) in [4.78, 5) is 0. The monoisotopic (exact) mass is 195 g/mol. The quantitative estimate of drug-likeness (QED) is 0.579. The number of hydrogen-bond donors (Lipinski definition) is 3. The van der Waals surface area contributed by atoms with Crippen molar-refractivity contribution in [3.63, 3.8) is 0 Å². The van der Waals surface area contributed by atoms with E-state index in [1.54, 1.807) is 6.07 Å². The highest BCUT2D eigenvalue weighted by atomic mass is 16.5. The first-order chi connectivity index (χ1) is 6.74. The van der Waals surface area contributed by atoms with Crippen molar-refractivity contribution in [1.82, 2.24) is 5.32 Å². The van der Waals surface area contributed by atoms with Crippen molar-refractivity contribution in [2.24, 2.45) is 0 Å². The number of phenols is 2. The number of nitrogens with one attached hydrogen (secondary N) is 1. The molecule has 4 nitrogen and oxygen atoms in total. The summed E-state index contributed by atoms with van der Waals surface area (Å²) < 4.78 is 5.07. The van der Waals surface area contributed by atoms with Crippen molar-refractivity contribution < 1.29 is 14.9 Å². The average Bonchev–Trinajstić information content (AvgIpc) is 2.20. The zero-order valence-electron chi connectivity index (χ0n) is 8.00. The van der Waals surface area contributed by atoms with Crippen LogP contribution in [-0.4, -0.2) is 23.9 Å². The van der Waals surface area contributed by atoms with Gasteiger partial charge in [0, 0.05) is 12.1 Å². The molecule has 0 aliphatic carbocycles. The van der Waals surface area contributed by atoms with Gasteiger partial charge in [-0.1, -0.05) is 0 Å². The van der Waals surface area contributed by atoms with E-state index < -0.39 is 0 Å². The van der Waals surface area contributed by atoms with E-state index in [0.717, 1.165) is 24.1 Å². The molecule has 1 heterocycles. The van der Waals surface area contributed by atoms with E-state index in [2.05, 4.69) is 5.32 Å². The van der Waals surface area contributed by atoms with Gasteiger partial charge in [0.05, 0.1) is 7.11 Å². The molecule has 0 amide bonds. The van der Waals surface area contributed by atoms with E-state index in [0.29, 0.717) is 12.3 Å². The van der Waals surface area contributed by atoms with Gasteiger partial charge in [-0.25, -0.2) is 0 Å². The maximum absolute atomic E-state index is 9.55. The number of fused-ring (bicyclic) bond motifs is 1. The molecule has 0 saturated carbocycles. The van der Waals surface area contributed by atoms with Gasteiger partial charge in [-0.15, -0.1) is 0 Å². The highest BCUT2D eigenvalue weighted by Crippen LogP contribution is 2.41. The van der Waals surface area contributed by atoms with Gasteiger partial charge in [0.25, 0.3) is 0 Å². The zero-order valence-corrected chi connectivity index (χ0v) is 8.00. The smallest absolute Gasteiger partial charge is 0.200 e. The summed E-state index contributed by atoms with van der Waals surface area (Å²) in [5.41, 5.74) is 1.98. The maximum Gasteiger partial charge on any atom is 0.200 e. The lowest BCUT2D eigenvalue weighted by Crippen LogP contribution is -2.24. The van der Waals surface area contributed by atoms with Crippen molar-refractivity contribution in [3.8, 4) is 17.2 Å². The molecule has 0 saturated heterocycles. The first-order valence-electron chi connectivity index (χ1n) is 4.55. The standard InChI is InChI=1S/C10H13NO3/c1-14-10-7-5-11-3-2-6(7)4-8(12)9(10)13/h4,11-13H,2-3,5H2,1H3. The molecule has 1 aliphatic heterocycles. The highest BCUT2D eigenvalue weighted by molar-refractivity contribution is 5.58. The third-order valence-corrected chi connectivity index (χ3v) is 2.51. The molecule has 0 unspecified atom stereocenters. The van der Waals surface area contributed by atoms with Crippen LogP contribution in [0.5, 0.6) is 17.2 Å². The summed E-state index contributed by atoms with van der Waals surface area (Å²) in [5, 5.41) is 22.2. The third kappa shape index (κ3) is 1.28. The van der Waals surface area contributed by atoms with Gasteiger partial charge >= 0.3 is 0 Å². The SMILES string of the molecule is COc1c(O)c(O)cc2c1CNCC2. The Hall–Kier alpha value is -1.42. The van der Waals surface area contributed by atoms with Crippen LogP contribution in [0.1, 0.15) is 11.1 Å². The summed E-state index contributed by atoms with van der Waals surface area (Å²) in [5.74, 6) is 0.102. The summed E-state index contributed by atoms with van der Waals surface area (Å²) in [7, 11) is 1.49. The van der Waals surface area contributed by atoms with Crippen LogP contribution in [0.2, 0.25) is 0 Å². The molecule has 4 heteroatoms. The van der Waals surface area contributed by atoms with E-state index in [9.17, 15) is 10.2 Å². The summed E-state index contributed by atoms with van der Waals surface area (Å²) in [6.07, 6.45) is 0.847. The van der Waals surface area contributed by atoms with Crippen LogP contribution in [0.15, 0.2) is 6.07 Å². The van der Waals surface area contributed by atoms with Crippen molar-refractivity contribution in [3.05, 3.63) is 17.2 Å². The van der Waals surface area contributed by atoms with Gasteiger partial charge in [-0.2, -0.15) is 0 Å². The number of methoxy groups -OCH3 is 1. The van der Waals surface area contributed by atoms with Crippen LogP contribution in [0.25, 0.3) is 0 Å². The van der Waals surface area contributed by atoms with Gasteiger partial charge < -0.3 is 20.3 Å². The topological polar surface area (TPSA) is 61.7 Å². The van der Waals surface area contributed by atoms with Crippen LogP contribution in [0.3, 0.4) is 0 Å². The molecule has 1 aromatic rings. The van der Waals surface area contributed by atoms with Gasteiger partial charge in [0.1, 0.15) is 0 Å². The fourth-order valence-corrected chi connectivity index (χ4v) is 1.80. The summed E-state index contributed by atoms with van der Waals surface area (Å²) in [6.45, 7) is 1.56. The molecule has 0 aromatic heterocycles. The number of aromatic hydroxyl groups is 2. The summed E-state index contributed by atoms with van der Waals surface area (Å²) in [6, 6.07) is 1.61. The number of phenolic OH excluding ortho intramolecular Hbond substituents is 2. The van der Waals surface area contributed by atoms with Crippen LogP contribution in [0.4, 0.5) is 0 Å². The Labute approximate surface area is 82.1 Å². The molecular formula is C10H13NO3. The van der Waals surface area contributed by atoms with Crippen LogP contribution in [0, 0.1) is 0 Å². The lowest BCUT2D eigenvalue weighted by atomic mass is 9.99. The maximum atomic E-state index is 9.55. The largest absolute Gasteiger partial charge is 0.504 e. The fourth-order valence-electron chi connectivity index (χ4n) is 1.80. The average molecular weight is 195 g/mol. The zero-order chi connectivity index (χ0) is 10.1. The Kier molecular flexibility index (Phi) is 2.21. The first-order valence-corrected chi connectivity index (χ1v) is 4.55. The van der Waals surface area contributed by atoms with Crippen molar-refractivity contribution in [2.45, 2.75) is 13.0 Å². The predicted molar refractivity (Wildman–Crippen MR) is 51.7 cm³/mol. The Bertz CT molecular complexity index is 363. The molecule has 3 N–H and O–H groups in total. The molecule has 1 aromatic carbocycles. The Morgan fingerprint density at radius 2 is 2.21 bits per heavy atom. The van der Waals surface area contributed by atoms with Crippen LogP contribution in [-0.2, 0) is 13.0 Å². The molecule has 0 spiro atoms. The molecule has 14 heavy (non-hydrogen) atoms. The molecule has 76 valence electrons. The van der Waals surface area contributed by atoms with Crippen molar-refractivity contribution >= 4 is 0 Å². The number of ether oxygens (including phenoxy) is 1. The van der Waals surface area contributed by atoms with Crippen LogP contribution >= 0.6 is 0 Å². The predicted octanol–water partition coefficient (Wildman–Crippen LogP) is 0.752. The second-order valence-electron chi connectivity index (χ2n) is 3.34. The minimum absolute atomic E-state index is 0.109. The van der Waals surface area contributed by atoms with Crippen molar-refractivity contribution in [2.75, 3.05) is 13.7 Å².